The number of ether oxygens (including phenoxy) is 1. The standard InChI is InChI=1S/C16H16IN3O3/c17-13-3-1-2-12(10-13)16(21)19-18-11-14-4-5-15(23-14)20-6-8-22-9-7-20/h1-5,10-11H,6-9H2,(H,19,21)/b18-11-. The maximum absolute atomic E-state index is 12.0. The van der Waals surface area contributed by atoms with Gasteiger partial charge in [0.05, 0.1) is 19.4 Å². The van der Waals surface area contributed by atoms with Crippen molar-refractivity contribution in [3.8, 4) is 0 Å². The Kier molecular flexibility index (Phi) is 5.29. The van der Waals surface area contributed by atoms with Crippen LogP contribution < -0.4 is 10.3 Å². The summed E-state index contributed by atoms with van der Waals surface area (Å²) >= 11 is 2.16. The van der Waals surface area contributed by atoms with Crippen LogP contribution in [0.5, 0.6) is 0 Å². The molecular formula is C16H16IN3O3. The van der Waals surface area contributed by atoms with Crippen molar-refractivity contribution in [1.82, 2.24) is 5.43 Å². The van der Waals surface area contributed by atoms with E-state index in [1.54, 1.807) is 12.1 Å². The highest BCUT2D eigenvalue weighted by atomic mass is 127. The normalized spacial score (nSPS) is 15.1. The highest BCUT2D eigenvalue weighted by Gasteiger charge is 2.14. The Bertz CT molecular complexity index is 708. The molecule has 3 rings (SSSR count). The minimum absolute atomic E-state index is 0.250. The molecule has 6 nitrogen and oxygen atoms in total. The molecule has 0 spiro atoms. The fourth-order valence-electron chi connectivity index (χ4n) is 2.21. The van der Waals surface area contributed by atoms with Crippen LogP contribution >= 0.6 is 22.6 Å². The van der Waals surface area contributed by atoms with Gasteiger partial charge in [-0.25, -0.2) is 5.43 Å². The van der Waals surface area contributed by atoms with Crippen molar-refractivity contribution < 1.29 is 13.9 Å². The highest BCUT2D eigenvalue weighted by molar-refractivity contribution is 14.1. The molecule has 1 amide bonds. The van der Waals surface area contributed by atoms with E-state index in [-0.39, 0.29) is 5.91 Å². The summed E-state index contributed by atoms with van der Waals surface area (Å²) in [5, 5.41) is 3.94. The Balaban J connectivity index is 1.58. The molecule has 1 saturated heterocycles. The second-order valence-electron chi connectivity index (χ2n) is 4.98. The van der Waals surface area contributed by atoms with Crippen LogP contribution in [0.1, 0.15) is 16.1 Å². The van der Waals surface area contributed by atoms with Crippen molar-refractivity contribution in [2.24, 2.45) is 5.10 Å². The molecule has 2 aromatic rings. The molecule has 0 saturated carbocycles. The SMILES string of the molecule is O=C(N/N=C\c1ccc(N2CCOCC2)o1)c1cccc(I)c1. The number of amides is 1. The third-order valence-corrected chi connectivity index (χ3v) is 4.05. The Hall–Kier alpha value is -1.87. The van der Waals surface area contributed by atoms with Gasteiger partial charge >= 0.3 is 0 Å². The number of hydrogen-bond donors (Lipinski definition) is 1. The number of halogens is 1. The van der Waals surface area contributed by atoms with E-state index in [2.05, 4.69) is 38.0 Å². The lowest BCUT2D eigenvalue weighted by Crippen LogP contribution is -2.35. The molecule has 0 aliphatic carbocycles. The molecule has 120 valence electrons. The predicted molar refractivity (Wildman–Crippen MR) is 96.0 cm³/mol. The van der Waals surface area contributed by atoms with E-state index in [0.29, 0.717) is 24.5 Å². The number of nitrogens with zero attached hydrogens (tertiary/aromatic N) is 2. The van der Waals surface area contributed by atoms with Crippen molar-refractivity contribution in [2.45, 2.75) is 0 Å². The lowest BCUT2D eigenvalue weighted by Gasteiger charge is -2.26. The van der Waals surface area contributed by atoms with Crippen LogP contribution in [0.4, 0.5) is 5.88 Å². The molecule has 1 aromatic heterocycles. The number of hydrogen-bond acceptors (Lipinski definition) is 5. The van der Waals surface area contributed by atoms with Crippen molar-refractivity contribution >= 4 is 40.6 Å². The Morgan fingerprint density at radius 3 is 2.87 bits per heavy atom. The molecule has 7 heteroatoms. The summed E-state index contributed by atoms with van der Waals surface area (Å²) in [5.74, 6) is 1.13. The molecule has 1 aromatic carbocycles. The summed E-state index contributed by atoms with van der Waals surface area (Å²) in [6.45, 7) is 3.03. The molecule has 0 unspecified atom stereocenters. The van der Waals surface area contributed by atoms with E-state index in [1.807, 2.05) is 24.3 Å². The highest BCUT2D eigenvalue weighted by Crippen LogP contribution is 2.18. The van der Waals surface area contributed by atoms with E-state index < -0.39 is 0 Å². The van der Waals surface area contributed by atoms with Crippen LogP contribution in [0.3, 0.4) is 0 Å². The summed E-state index contributed by atoms with van der Waals surface area (Å²) < 4.78 is 12.0. The van der Waals surface area contributed by atoms with Crippen LogP contribution in [0.2, 0.25) is 0 Å². The van der Waals surface area contributed by atoms with Gasteiger partial charge in [-0.3, -0.25) is 4.79 Å². The number of carbonyl (C=O) groups excluding carboxylic acids is 1. The topological polar surface area (TPSA) is 67.1 Å². The Morgan fingerprint density at radius 1 is 1.26 bits per heavy atom. The summed E-state index contributed by atoms with van der Waals surface area (Å²) in [5.41, 5.74) is 3.07. The summed E-state index contributed by atoms with van der Waals surface area (Å²) in [6, 6.07) is 11.0. The molecule has 23 heavy (non-hydrogen) atoms. The third kappa shape index (κ3) is 4.32. The number of morpholine rings is 1. The van der Waals surface area contributed by atoms with Crippen LogP contribution in [-0.4, -0.2) is 38.4 Å². The number of benzene rings is 1. The largest absolute Gasteiger partial charge is 0.440 e. The van der Waals surface area contributed by atoms with Gasteiger partial charge in [-0.2, -0.15) is 5.10 Å². The first kappa shape index (κ1) is 16.0. The minimum atomic E-state index is -0.250. The van der Waals surface area contributed by atoms with Gasteiger partial charge in [0.2, 0.25) is 0 Å². The lowest BCUT2D eigenvalue weighted by molar-refractivity contribution is 0.0955. The van der Waals surface area contributed by atoms with E-state index in [1.165, 1.54) is 6.21 Å². The molecule has 0 bridgehead atoms. The average Bonchev–Trinajstić information content (AvgIpc) is 3.04. The number of anilines is 1. The minimum Gasteiger partial charge on any atom is -0.440 e. The molecule has 0 radical (unpaired) electrons. The average molecular weight is 425 g/mol. The van der Waals surface area contributed by atoms with Gasteiger partial charge in [-0.1, -0.05) is 6.07 Å². The number of rotatable bonds is 4. The lowest BCUT2D eigenvalue weighted by atomic mass is 10.2. The molecule has 1 fully saturated rings. The quantitative estimate of drug-likeness (QED) is 0.465. The fraction of sp³-hybridized carbons (Fsp3) is 0.250. The number of carbonyl (C=O) groups is 1. The summed E-state index contributed by atoms with van der Waals surface area (Å²) in [4.78, 5) is 14.1. The zero-order chi connectivity index (χ0) is 16.1. The number of furan rings is 1. The van der Waals surface area contributed by atoms with Crippen molar-refractivity contribution in [1.29, 1.82) is 0 Å². The van der Waals surface area contributed by atoms with Crippen LogP contribution in [0.15, 0.2) is 45.9 Å². The van der Waals surface area contributed by atoms with Gasteiger partial charge in [-0.15, -0.1) is 0 Å². The van der Waals surface area contributed by atoms with Gasteiger partial charge in [-0.05, 0) is 46.9 Å². The molecule has 1 aliphatic rings. The predicted octanol–water partition coefficient (Wildman–Crippen LogP) is 2.48. The molecule has 1 N–H and O–H groups in total. The summed E-state index contributed by atoms with van der Waals surface area (Å²) in [7, 11) is 0. The second-order valence-corrected chi connectivity index (χ2v) is 6.23. The van der Waals surface area contributed by atoms with E-state index in [4.69, 9.17) is 9.15 Å². The molecule has 1 aliphatic heterocycles. The fourth-order valence-corrected chi connectivity index (χ4v) is 2.76. The van der Waals surface area contributed by atoms with Gasteiger partial charge in [0, 0.05) is 28.3 Å². The van der Waals surface area contributed by atoms with Crippen molar-refractivity contribution in [3.05, 3.63) is 51.3 Å². The van der Waals surface area contributed by atoms with Crippen molar-refractivity contribution in [2.75, 3.05) is 31.2 Å². The van der Waals surface area contributed by atoms with Gasteiger partial charge < -0.3 is 14.1 Å². The molecular weight excluding hydrogens is 409 g/mol. The van der Waals surface area contributed by atoms with Gasteiger partial charge in [0.15, 0.2) is 5.88 Å². The zero-order valence-electron chi connectivity index (χ0n) is 12.4. The van der Waals surface area contributed by atoms with Gasteiger partial charge in [0.25, 0.3) is 5.91 Å². The number of hydrazone groups is 1. The number of nitrogens with one attached hydrogen (secondary N) is 1. The van der Waals surface area contributed by atoms with Crippen LogP contribution in [0, 0.1) is 3.57 Å². The first-order chi connectivity index (χ1) is 11.2. The first-order valence-corrected chi connectivity index (χ1v) is 8.32. The van der Waals surface area contributed by atoms with E-state index >= 15 is 0 Å². The Labute approximate surface area is 147 Å². The molecule has 2 heterocycles. The first-order valence-electron chi connectivity index (χ1n) is 7.24. The maximum atomic E-state index is 12.0. The Morgan fingerprint density at radius 2 is 2.09 bits per heavy atom. The zero-order valence-corrected chi connectivity index (χ0v) is 14.5. The second kappa shape index (κ2) is 7.60. The summed E-state index contributed by atoms with van der Waals surface area (Å²) in [6.07, 6.45) is 1.50. The molecule has 0 atom stereocenters. The maximum Gasteiger partial charge on any atom is 0.271 e. The van der Waals surface area contributed by atoms with Crippen LogP contribution in [0.25, 0.3) is 0 Å². The van der Waals surface area contributed by atoms with Crippen LogP contribution in [-0.2, 0) is 4.74 Å². The van der Waals surface area contributed by atoms with Gasteiger partial charge in [0.1, 0.15) is 5.76 Å². The van der Waals surface area contributed by atoms with Crippen molar-refractivity contribution in [3.63, 3.8) is 0 Å². The van der Waals surface area contributed by atoms with E-state index in [0.717, 1.165) is 22.5 Å². The third-order valence-electron chi connectivity index (χ3n) is 3.38. The monoisotopic (exact) mass is 425 g/mol. The van der Waals surface area contributed by atoms with E-state index in [9.17, 15) is 4.79 Å². The smallest absolute Gasteiger partial charge is 0.271 e.